The lowest BCUT2D eigenvalue weighted by atomic mass is 9.85. The number of ether oxygens (including phenoxy) is 1. The molecule has 1 aromatic rings. The topological polar surface area (TPSA) is 41.6 Å². The van der Waals surface area contributed by atoms with Gasteiger partial charge in [0.1, 0.15) is 5.60 Å². The minimum Gasteiger partial charge on any atom is -0.362 e. The summed E-state index contributed by atoms with van der Waals surface area (Å²) in [4.78, 5) is 13.2. The van der Waals surface area contributed by atoms with Crippen LogP contribution >= 0.6 is 0 Å². The first-order valence-corrected chi connectivity index (χ1v) is 5.44. The first kappa shape index (κ1) is 9.66. The largest absolute Gasteiger partial charge is 0.362 e. The highest BCUT2D eigenvalue weighted by Crippen LogP contribution is 2.43. The van der Waals surface area contributed by atoms with Crippen molar-refractivity contribution in [3.8, 4) is 0 Å². The van der Waals surface area contributed by atoms with Crippen molar-refractivity contribution in [3.05, 3.63) is 35.4 Å². The number of amides is 2. The highest BCUT2D eigenvalue weighted by molar-refractivity contribution is 5.75. The van der Waals surface area contributed by atoms with E-state index in [-0.39, 0.29) is 11.6 Å². The zero-order valence-corrected chi connectivity index (χ0v) is 9.19. The van der Waals surface area contributed by atoms with E-state index in [9.17, 15) is 4.79 Å². The SMILES string of the molecule is CNC(=O)N1CC2(C1)OCc1ccccc12. The van der Waals surface area contributed by atoms with E-state index in [1.165, 1.54) is 11.1 Å². The fourth-order valence-electron chi connectivity index (χ4n) is 2.52. The quantitative estimate of drug-likeness (QED) is 0.707. The number of nitrogens with zero attached hydrogens (tertiary/aromatic N) is 1. The minimum absolute atomic E-state index is 0.0291. The third kappa shape index (κ3) is 1.16. The fourth-order valence-corrected chi connectivity index (χ4v) is 2.52. The second-order valence-electron chi connectivity index (χ2n) is 4.35. The Bertz CT molecular complexity index is 438. The monoisotopic (exact) mass is 218 g/mol. The maximum atomic E-state index is 11.4. The highest BCUT2D eigenvalue weighted by Gasteiger charge is 2.51. The summed E-state index contributed by atoms with van der Waals surface area (Å²) in [6.07, 6.45) is 0. The predicted octanol–water partition coefficient (Wildman–Crippen LogP) is 1.07. The number of nitrogens with one attached hydrogen (secondary N) is 1. The van der Waals surface area contributed by atoms with E-state index in [0.29, 0.717) is 19.7 Å². The van der Waals surface area contributed by atoms with Crippen LogP contribution in [-0.4, -0.2) is 31.1 Å². The van der Waals surface area contributed by atoms with Gasteiger partial charge < -0.3 is 15.0 Å². The Morgan fingerprint density at radius 1 is 1.44 bits per heavy atom. The van der Waals surface area contributed by atoms with Crippen molar-refractivity contribution in [3.63, 3.8) is 0 Å². The molecule has 2 aliphatic heterocycles. The summed E-state index contributed by atoms with van der Waals surface area (Å²) in [5.74, 6) is 0. The molecule has 3 rings (SSSR count). The van der Waals surface area contributed by atoms with Gasteiger partial charge in [-0.2, -0.15) is 0 Å². The first-order valence-electron chi connectivity index (χ1n) is 5.44. The lowest BCUT2D eigenvalue weighted by molar-refractivity contribution is -0.123. The molecule has 1 N–H and O–H groups in total. The number of fused-ring (bicyclic) bond motifs is 2. The highest BCUT2D eigenvalue weighted by atomic mass is 16.5. The number of urea groups is 1. The minimum atomic E-state index is -0.233. The van der Waals surface area contributed by atoms with E-state index in [4.69, 9.17) is 4.74 Å². The van der Waals surface area contributed by atoms with Crippen LogP contribution in [0.15, 0.2) is 24.3 Å². The Morgan fingerprint density at radius 2 is 2.19 bits per heavy atom. The van der Waals surface area contributed by atoms with Crippen LogP contribution in [0.25, 0.3) is 0 Å². The molecule has 1 fully saturated rings. The van der Waals surface area contributed by atoms with E-state index < -0.39 is 0 Å². The maximum Gasteiger partial charge on any atom is 0.317 e. The zero-order chi connectivity index (χ0) is 11.2. The second kappa shape index (κ2) is 3.22. The number of carbonyl (C=O) groups is 1. The average Bonchev–Trinajstić information content (AvgIpc) is 2.65. The fraction of sp³-hybridized carbons (Fsp3) is 0.417. The van der Waals surface area contributed by atoms with Crippen molar-refractivity contribution in [2.75, 3.05) is 20.1 Å². The van der Waals surface area contributed by atoms with E-state index >= 15 is 0 Å². The van der Waals surface area contributed by atoms with Gasteiger partial charge in [-0.05, 0) is 11.1 Å². The molecule has 0 aromatic heterocycles. The molecule has 84 valence electrons. The van der Waals surface area contributed by atoms with Crippen molar-refractivity contribution in [2.45, 2.75) is 12.2 Å². The third-order valence-electron chi connectivity index (χ3n) is 3.41. The van der Waals surface area contributed by atoms with E-state index in [1.807, 2.05) is 12.1 Å². The molecule has 4 nitrogen and oxygen atoms in total. The summed E-state index contributed by atoms with van der Waals surface area (Å²) in [6.45, 7) is 1.98. The Balaban J connectivity index is 1.83. The molecule has 0 radical (unpaired) electrons. The number of hydrogen-bond donors (Lipinski definition) is 1. The molecule has 0 aliphatic carbocycles. The van der Waals surface area contributed by atoms with Gasteiger partial charge in [0.05, 0.1) is 19.7 Å². The molecule has 1 saturated heterocycles. The van der Waals surface area contributed by atoms with Gasteiger partial charge in [-0.3, -0.25) is 0 Å². The number of carbonyl (C=O) groups excluding carboxylic acids is 1. The van der Waals surface area contributed by atoms with Crippen molar-refractivity contribution in [2.24, 2.45) is 0 Å². The van der Waals surface area contributed by atoms with Crippen LogP contribution < -0.4 is 5.32 Å². The number of likely N-dealkylation sites (tertiary alicyclic amines) is 1. The molecule has 0 atom stereocenters. The van der Waals surface area contributed by atoms with Crippen LogP contribution in [-0.2, 0) is 16.9 Å². The van der Waals surface area contributed by atoms with E-state index in [1.54, 1.807) is 11.9 Å². The van der Waals surface area contributed by atoms with Gasteiger partial charge in [-0.1, -0.05) is 24.3 Å². The Labute approximate surface area is 94.2 Å². The molecular weight excluding hydrogens is 204 g/mol. The molecule has 0 saturated carbocycles. The maximum absolute atomic E-state index is 11.4. The van der Waals surface area contributed by atoms with Crippen LogP contribution in [0, 0.1) is 0 Å². The standard InChI is InChI=1S/C12H14N2O2/c1-13-11(15)14-7-12(8-14)10-5-3-2-4-9(10)6-16-12/h2-5H,6-8H2,1H3,(H,13,15). The van der Waals surface area contributed by atoms with Crippen LogP contribution in [0.4, 0.5) is 4.79 Å². The molecule has 1 aromatic carbocycles. The van der Waals surface area contributed by atoms with Gasteiger partial charge in [0.2, 0.25) is 0 Å². The summed E-state index contributed by atoms with van der Waals surface area (Å²) in [5, 5.41) is 2.63. The first-order chi connectivity index (χ1) is 7.75. The van der Waals surface area contributed by atoms with Crippen LogP contribution in [0.2, 0.25) is 0 Å². The lowest BCUT2D eigenvalue weighted by Crippen LogP contribution is -2.62. The average molecular weight is 218 g/mol. The third-order valence-corrected chi connectivity index (χ3v) is 3.41. The molecule has 1 spiro atoms. The second-order valence-corrected chi connectivity index (χ2v) is 4.35. The molecule has 2 aliphatic rings. The van der Waals surface area contributed by atoms with E-state index in [2.05, 4.69) is 17.4 Å². The summed E-state index contributed by atoms with van der Waals surface area (Å²) in [7, 11) is 1.65. The van der Waals surface area contributed by atoms with Crippen molar-refractivity contribution in [1.29, 1.82) is 0 Å². The van der Waals surface area contributed by atoms with Crippen LogP contribution in [0.1, 0.15) is 11.1 Å². The summed E-state index contributed by atoms with van der Waals surface area (Å²) >= 11 is 0. The van der Waals surface area contributed by atoms with Gasteiger partial charge in [0.25, 0.3) is 0 Å². The Kier molecular flexibility index (Phi) is 1.94. The predicted molar refractivity (Wildman–Crippen MR) is 58.9 cm³/mol. The number of benzene rings is 1. The van der Waals surface area contributed by atoms with Gasteiger partial charge in [-0.25, -0.2) is 4.79 Å². The van der Waals surface area contributed by atoms with Crippen LogP contribution in [0.5, 0.6) is 0 Å². The molecule has 2 heterocycles. The van der Waals surface area contributed by atoms with Crippen molar-refractivity contribution < 1.29 is 9.53 Å². The lowest BCUT2D eigenvalue weighted by Gasteiger charge is -2.47. The molecule has 4 heteroatoms. The molecule has 2 amide bonds. The van der Waals surface area contributed by atoms with Gasteiger partial charge in [-0.15, -0.1) is 0 Å². The summed E-state index contributed by atoms with van der Waals surface area (Å²) in [5.41, 5.74) is 2.26. The number of hydrogen-bond acceptors (Lipinski definition) is 2. The summed E-state index contributed by atoms with van der Waals surface area (Å²) in [6, 6.07) is 8.21. The Morgan fingerprint density at radius 3 is 2.94 bits per heavy atom. The summed E-state index contributed by atoms with van der Waals surface area (Å²) < 4.78 is 5.85. The molecule has 0 unspecified atom stereocenters. The Hall–Kier alpha value is -1.55. The normalized spacial score (nSPS) is 20.4. The van der Waals surface area contributed by atoms with Crippen molar-refractivity contribution in [1.82, 2.24) is 10.2 Å². The van der Waals surface area contributed by atoms with Gasteiger partial charge in [0, 0.05) is 7.05 Å². The molecule has 16 heavy (non-hydrogen) atoms. The molecular formula is C12H14N2O2. The van der Waals surface area contributed by atoms with Gasteiger partial charge >= 0.3 is 6.03 Å². The molecule has 0 bridgehead atoms. The van der Waals surface area contributed by atoms with Crippen LogP contribution in [0.3, 0.4) is 0 Å². The van der Waals surface area contributed by atoms with E-state index in [0.717, 1.165) is 0 Å². The van der Waals surface area contributed by atoms with Gasteiger partial charge in [0.15, 0.2) is 0 Å². The number of rotatable bonds is 0. The smallest absolute Gasteiger partial charge is 0.317 e. The zero-order valence-electron chi connectivity index (χ0n) is 9.19. The van der Waals surface area contributed by atoms with Crippen molar-refractivity contribution >= 4 is 6.03 Å².